The van der Waals surface area contributed by atoms with Gasteiger partial charge in [0.15, 0.2) is 17.5 Å². The summed E-state index contributed by atoms with van der Waals surface area (Å²) < 4.78 is 12.8. The van der Waals surface area contributed by atoms with Gasteiger partial charge in [0.1, 0.15) is 5.82 Å². The highest BCUT2D eigenvalue weighted by molar-refractivity contribution is 14.0. The monoisotopic (exact) mass is 523 g/mol. The Hall–Kier alpha value is -2.49. The normalized spacial score (nSPS) is 11.2. The highest BCUT2D eigenvalue weighted by atomic mass is 127. The number of halogens is 1. The van der Waals surface area contributed by atoms with E-state index in [-0.39, 0.29) is 24.0 Å². The molecule has 0 saturated heterocycles. The predicted octanol–water partition coefficient (Wildman–Crippen LogP) is 3.46. The lowest BCUT2D eigenvalue weighted by atomic mass is 10.1. The zero-order valence-electron chi connectivity index (χ0n) is 18.2. The Morgan fingerprint density at radius 2 is 1.87 bits per heavy atom. The van der Waals surface area contributed by atoms with E-state index in [1.807, 2.05) is 44.4 Å². The lowest BCUT2D eigenvalue weighted by Crippen LogP contribution is -2.39. The van der Waals surface area contributed by atoms with Gasteiger partial charge in [0.2, 0.25) is 0 Å². The number of rotatable bonds is 7. The highest BCUT2D eigenvalue weighted by Gasteiger charge is 2.11. The molecule has 1 N–H and O–H groups in total. The van der Waals surface area contributed by atoms with Crippen LogP contribution in [0.1, 0.15) is 11.4 Å². The van der Waals surface area contributed by atoms with Crippen LogP contribution in [0.3, 0.4) is 0 Å². The predicted molar refractivity (Wildman–Crippen MR) is 132 cm³/mol. The van der Waals surface area contributed by atoms with Crippen molar-refractivity contribution in [2.75, 3.05) is 34.9 Å². The summed E-state index contributed by atoms with van der Waals surface area (Å²) >= 11 is 0. The van der Waals surface area contributed by atoms with Crippen molar-refractivity contribution in [3.05, 3.63) is 53.9 Å². The van der Waals surface area contributed by atoms with Crippen molar-refractivity contribution in [1.29, 1.82) is 0 Å². The third-order valence-corrected chi connectivity index (χ3v) is 5.04. The van der Waals surface area contributed by atoms with E-state index in [1.165, 1.54) is 5.56 Å². The van der Waals surface area contributed by atoms with E-state index >= 15 is 0 Å². The molecule has 0 fully saturated rings. The van der Waals surface area contributed by atoms with Crippen LogP contribution < -0.4 is 14.8 Å². The maximum Gasteiger partial charge on any atom is 0.193 e. The van der Waals surface area contributed by atoms with Crippen molar-refractivity contribution in [2.24, 2.45) is 12.0 Å². The fraction of sp³-hybridized carbons (Fsp3) is 0.364. The van der Waals surface area contributed by atoms with Crippen LogP contribution in [0.2, 0.25) is 0 Å². The van der Waals surface area contributed by atoms with Gasteiger partial charge in [-0.25, -0.2) is 4.98 Å². The molecular weight excluding hydrogens is 493 g/mol. The Morgan fingerprint density at radius 1 is 1.13 bits per heavy atom. The van der Waals surface area contributed by atoms with Crippen LogP contribution >= 0.6 is 24.0 Å². The number of aromatic nitrogens is 2. The summed E-state index contributed by atoms with van der Waals surface area (Å²) in [5, 5.41) is 3.41. The molecule has 3 aromatic rings. The second-order valence-electron chi connectivity index (χ2n) is 6.84. The first-order valence-corrected chi connectivity index (χ1v) is 9.60. The Morgan fingerprint density at radius 3 is 2.53 bits per heavy atom. The number of ether oxygens (including phenoxy) is 2. The van der Waals surface area contributed by atoms with Crippen LogP contribution in [0.4, 0.5) is 0 Å². The van der Waals surface area contributed by atoms with Crippen molar-refractivity contribution in [3.63, 3.8) is 0 Å². The van der Waals surface area contributed by atoms with Crippen LogP contribution in [0.5, 0.6) is 11.5 Å². The van der Waals surface area contributed by atoms with Crippen LogP contribution in [0.25, 0.3) is 11.0 Å². The van der Waals surface area contributed by atoms with Crippen molar-refractivity contribution in [1.82, 2.24) is 19.8 Å². The van der Waals surface area contributed by atoms with E-state index in [4.69, 9.17) is 14.5 Å². The Kier molecular flexibility index (Phi) is 8.76. The minimum atomic E-state index is 0. The van der Waals surface area contributed by atoms with Crippen LogP contribution in [0, 0.1) is 0 Å². The molecule has 0 aliphatic heterocycles. The third kappa shape index (κ3) is 5.35. The van der Waals surface area contributed by atoms with Crippen LogP contribution in [-0.2, 0) is 20.0 Å². The average Bonchev–Trinajstić information content (AvgIpc) is 3.08. The van der Waals surface area contributed by atoms with E-state index in [1.54, 1.807) is 21.3 Å². The molecular formula is C22H30IN5O2. The molecule has 0 saturated carbocycles. The standard InChI is InChI=1S/C22H29N5O2.HI/c1-23-22(24-15-21-25-17-8-6-7-9-18(17)27(21)3)26(2)13-12-16-10-11-19(28-4)20(14-16)29-5;/h6-11,14H,12-13,15H2,1-5H3,(H,23,24);1H. The van der Waals surface area contributed by atoms with Crippen molar-refractivity contribution >= 4 is 41.0 Å². The highest BCUT2D eigenvalue weighted by Crippen LogP contribution is 2.27. The largest absolute Gasteiger partial charge is 0.493 e. The number of methoxy groups -OCH3 is 2. The molecule has 7 nitrogen and oxygen atoms in total. The quantitative estimate of drug-likeness (QED) is 0.292. The summed E-state index contributed by atoms with van der Waals surface area (Å²) in [6, 6.07) is 14.2. The first-order valence-electron chi connectivity index (χ1n) is 9.60. The number of para-hydroxylation sites is 2. The molecule has 30 heavy (non-hydrogen) atoms. The number of nitrogens with one attached hydrogen (secondary N) is 1. The molecule has 162 valence electrons. The summed E-state index contributed by atoms with van der Waals surface area (Å²) in [6.45, 7) is 1.43. The van der Waals surface area contributed by atoms with Crippen molar-refractivity contribution < 1.29 is 9.47 Å². The number of hydrogen-bond acceptors (Lipinski definition) is 4. The Balaban J connectivity index is 0.00000320. The van der Waals surface area contributed by atoms with E-state index in [0.29, 0.717) is 6.54 Å². The van der Waals surface area contributed by atoms with Gasteiger partial charge < -0.3 is 24.3 Å². The van der Waals surface area contributed by atoms with Crippen LogP contribution in [0.15, 0.2) is 47.5 Å². The van der Waals surface area contributed by atoms with Crippen molar-refractivity contribution in [2.45, 2.75) is 13.0 Å². The molecule has 0 unspecified atom stereocenters. The maximum absolute atomic E-state index is 5.39. The molecule has 0 bridgehead atoms. The molecule has 8 heteroatoms. The number of guanidine groups is 1. The molecule has 0 radical (unpaired) electrons. The van der Waals surface area contributed by atoms with Gasteiger partial charge in [-0.2, -0.15) is 0 Å². The van der Waals surface area contributed by atoms with Gasteiger partial charge in [-0.1, -0.05) is 18.2 Å². The zero-order chi connectivity index (χ0) is 20.8. The average molecular weight is 523 g/mol. The minimum absolute atomic E-state index is 0. The summed E-state index contributed by atoms with van der Waals surface area (Å²) in [5.41, 5.74) is 3.31. The van der Waals surface area contributed by atoms with Gasteiger partial charge in [-0.3, -0.25) is 4.99 Å². The summed E-state index contributed by atoms with van der Waals surface area (Å²) in [6.07, 6.45) is 0.865. The van der Waals surface area contributed by atoms with Gasteiger partial charge >= 0.3 is 0 Å². The topological polar surface area (TPSA) is 63.9 Å². The molecule has 1 aromatic heterocycles. The fourth-order valence-electron chi connectivity index (χ4n) is 3.34. The molecule has 1 heterocycles. The fourth-order valence-corrected chi connectivity index (χ4v) is 3.34. The van der Waals surface area contributed by atoms with Gasteiger partial charge in [-0.15, -0.1) is 24.0 Å². The Labute approximate surface area is 195 Å². The number of nitrogens with zero attached hydrogens (tertiary/aromatic N) is 4. The molecule has 0 amide bonds. The van der Waals surface area contributed by atoms with Gasteiger partial charge in [-0.05, 0) is 36.2 Å². The number of hydrogen-bond donors (Lipinski definition) is 1. The molecule has 3 rings (SSSR count). The number of imidazole rings is 1. The first-order chi connectivity index (χ1) is 14.1. The van der Waals surface area contributed by atoms with Gasteiger partial charge in [0.25, 0.3) is 0 Å². The molecule has 0 aliphatic carbocycles. The first kappa shape index (κ1) is 23.8. The van der Waals surface area contributed by atoms with Crippen molar-refractivity contribution in [3.8, 4) is 11.5 Å². The minimum Gasteiger partial charge on any atom is -0.493 e. The molecule has 0 aliphatic rings. The summed E-state index contributed by atoms with van der Waals surface area (Å²) in [4.78, 5) is 11.2. The smallest absolute Gasteiger partial charge is 0.193 e. The van der Waals surface area contributed by atoms with E-state index in [9.17, 15) is 0 Å². The lowest BCUT2D eigenvalue weighted by Gasteiger charge is -2.22. The second kappa shape index (κ2) is 11.1. The maximum atomic E-state index is 5.39. The molecule has 0 spiro atoms. The SMILES string of the molecule is CN=C(NCc1nc2ccccc2n1C)N(C)CCc1ccc(OC)c(OC)c1.I. The van der Waals surface area contributed by atoms with E-state index < -0.39 is 0 Å². The Bertz CT molecular complexity index is 1000. The summed E-state index contributed by atoms with van der Waals surface area (Å²) in [5.74, 6) is 3.29. The summed E-state index contributed by atoms with van der Waals surface area (Å²) in [7, 11) is 9.16. The number of likely N-dealkylation sites (N-methyl/N-ethyl adjacent to an activating group) is 1. The van der Waals surface area contributed by atoms with Gasteiger partial charge in [0.05, 0.1) is 31.8 Å². The number of benzene rings is 2. The zero-order valence-corrected chi connectivity index (χ0v) is 20.5. The van der Waals surface area contributed by atoms with E-state index in [0.717, 1.165) is 47.3 Å². The lowest BCUT2D eigenvalue weighted by molar-refractivity contribution is 0.354. The number of fused-ring (bicyclic) bond motifs is 1. The van der Waals surface area contributed by atoms with Crippen LogP contribution in [-0.4, -0.2) is 55.3 Å². The molecule has 2 aromatic carbocycles. The molecule has 0 atom stereocenters. The van der Waals surface area contributed by atoms with Gasteiger partial charge in [0, 0.05) is 27.7 Å². The van der Waals surface area contributed by atoms with E-state index in [2.05, 4.69) is 31.9 Å². The third-order valence-electron chi connectivity index (χ3n) is 5.04. The second-order valence-corrected chi connectivity index (χ2v) is 6.84. The number of aryl methyl sites for hydroxylation is 1. The number of aliphatic imine (C=N–C) groups is 1.